The molecule has 26 heavy (non-hydrogen) atoms. The monoisotopic (exact) mass is 385 g/mol. The molecule has 0 aliphatic heterocycles. The molecule has 2 amide bonds. The standard InChI is InChI=1S/C16H23N3O6S/c1-4-15(21)14(18-11(2)20)9-12-5-7-13(8-6-12)25-10-16(22)19-26(23,24)17-3/h5-8,14,17H,4,9-10H2,1-3H3,(H,18,20)(H,19,22)/t14-/m0/s1. The lowest BCUT2D eigenvalue weighted by Crippen LogP contribution is -2.41. The maximum absolute atomic E-state index is 11.9. The summed E-state index contributed by atoms with van der Waals surface area (Å²) in [5.41, 5.74) is 0.806. The Morgan fingerprint density at radius 1 is 1.15 bits per heavy atom. The van der Waals surface area contributed by atoms with Gasteiger partial charge in [0.1, 0.15) is 5.75 Å². The summed E-state index contributed by atoms with van der Waals surface area (Å²) in [4.78, 5) is 34.6. The van der Waals surface area contributed by atoms with Gasteiger partial charge in [-0.2, -0.15) is 8.42 Å². The Morgan fingerprint density at radius 2 is 1.77 bits per heavy atom. The first kappa shape index (κ1) is 21.6. The van der Waals surface area contributed by atoms with E-state index in [4.69, 9.17) is 4.74 Å². The molecule has 9 nitrogen and oxygen atoms in total. The lowest BCUT2D eigenvalue weighted by molar-refractivity contribution is -0.126. The van der Waals surface area contributed by atoms with Gasteiger partial charge >= 0.3 is 10.2 Å². The molecule has 0 saturated heterocycles. The molecule has 0 radical (unpaired) electrons. The summed E-state index contributed by atoms with van der Waals surface area (Å²) in [5, 5.41) is 2.63. The normalized spacial score (nSPS) is 12.1. The number of rotatable bonds is 10. The number of amides is 2. The van der Waals surface area contributed by atoms with Gasteiger partial charge in [-0.15, -0.1) is 0 Å². The third-order valence-electron chi connectivity index (χ3n) is 3.36. The highest BCUT2D eigenvalue weighted by molar-refractivity contribution is 7.88. The Bertz CT molecular complexity index is 746. The largest absolute Gasteiger partial charge is 0.484 e. The van der Waals surface area contributed by atoms with Crippen molar-refractivity contribution in [1.29, 1.82) is 0 Å². The molecule has 0 aromatic heterocycles. The maximum Gasteiger partial charge on any atom is 0.301 e. The van der Waals surface area contributed by atoms with Crippen LogP contribution in [0.5, 0.6) is 5.75 Å². The molecule has 1 aromatic carbocycles. The number of ether oxygens (including phenoxy) is 1. The average molecular weight is 385 g/mol. The lowest BCUT2D eigenvalue weighted by Gasteiger charge is -2.16. The van der Waals surface area contributed by atoms with E-state index in [9.17, 15) is 22.8 Å². The third kappa shape index (κ3) is 7.62. The predicted molar refractivity (Wildman–Crippen MR) is 94.7 cm³/mol. The van der Waals surface area contributed by atoms with Gasteiger partial charge in [0.25, 0.3) is 5.91 Å². The number of hydrogen-bond acceptors (Lipinski definition) is 6. The highest BCUT2D eigenvalue weighted by Crippen LogP contribution is 2.14. The first-order valence-electron chi connectivity index (χ1n) is 7.92. The van der Waals surface area contributed by atoms with E-state index in [0.29, 0.717) is 18.6 Å². The van der Waals surface area contributed by atoms with Crippen LogP contribution in [0.25, 0.3) is 0 Å². The van der Waals surface area contributed by atoms with Gasteiger partial charge in [0.05, 0.1) is 6.04 Å². The van der Waals surface area contributed by atoms with Gasteiger partial charge in [0.15, 0.2) is 12.4 Å². The molecule has 1 aromatic rings. The van der Waals surface area contributed by atoms with Crippen molar-refractivity contribution in [2.75, 3.05) is 13.7 Å². The number of nitrogens with one attached hydrogen (secondary N) is 3. The lowest BCUT2D eigenvalue weighted by atomic mass is 10.0. The van der Waals surface area contributed by atoms with Crippen molar-refractivity contribution in [1.82, 2.24) is 14.8 Å². The van der Waals surface area contributed by atoms with E-state index in [1.165, 1.54) is 14.0 Å². The fourth-order valence-corrected chi connectivity index (χ4v) is 2.53. The Morgan fingerprint density at radius 3 is 2.27 bits per heavy atom. The van der Waals surface area contributed by atoms with Crippen LogP contribution in [0.15, 0.2) is 24.3 Å². The highest BCUT2D eigenvalue weighted by atomic mass is 32.2. The van der Waals surface area contributed by atoms with E-state index in [2.05, 4.69) is 5.32 Å². The van der Waals surface area contributed by atoms with E-state index in [0.717, 1.165) is 5.56 Å². The van der Waals surface area contributed by atoms with Crippen LogP contribution in [-0.4, -0.2) is 45.7 Å². The molecule has 0 saturated carbocycles. The zero-order valence-electron chi connectivity index (χ0n) is 14.9. The zero-order chi connectivity index (χ0) is 19.7. The first-order chi connectivity index (χ1) is 12.2. The fraction of sp³-hybridized carbons (Fsp3) is 0.438. The number of carbonyl (C=O) groups is 3. The number of hydrogen-bond donors (Lipinski definition) is 3. The second-order valence-electron chi connectivity index (χ2n) is 5.44. The van der Waals surface area contributed by atoms with Gasteiger partial charge in [-0.05, 0) is 24.1 Å². The minimum Gasteiger partial charge on any atom is -0.484 e. The molecule has 0 aliphatic rings. The van der Waals surface area contributed by atoms with Gasteiger partial charge in [-0.25, -0.2) is 9.44 Å². The fourth-order valence-electron chi connectivity index (χ4n) is 2.07. The molecule has 0 spiro atoms. The average Bonchev–Trinajstić information content (AvgIpc) is 2.59. The predicted octanol–water partition coefficient (Wildman–Crippen LogP) is -0.328. The number of ketones is 1. The third-order valence-corrected chi connectivity index (χ3v) is 4.40. The molecule has 0 heterocycles. The van der Waals surface area contributed by atoms with Crippen LogP contribution in [0.3, 0.4) is 0 Å². The van der Waals surface area contributed by atoms with Crippen molar-refractivity contribution in [3.05, 3.63) is 29.8 Å². The molecule has 1 rings (SSSR count). The van der Waals surface area contributed by atoms with E-state index >= 15 is 0 Å². The second kappa shape index (κ2) is 9.88. The molecule has 0 fully saturated rings. The Labute approximate surface area is 152 Å². The van der Waals surface area contributed by atoms with E-state index in [-0.39, 0.29) is 11.7 Å². The van der Waals surface area contributed by atoms with Gasteiger partial charge in [-0.1, -0.05) is 19.1 Å². The summed E-state index contributed by atoms with van der Waals surface area (Å²) in [6.07, 6.45) is 0.657. The topological polar surface area (TPSA) is 131 Å². The first-order valence-corrected chi connectivity index (χ1v) is 9.40. The van der Waals surface area contributed by atoms with Gasteiger partial charge < -0.3 is 10.1 Å². The van der Waals surface area contributed by atoms with Gasteiger partial charge in [0.2, 0.25) is 5.91 Å². The summed E-state index contributed by atoms with van der Waals surface area (Å²) < 4.78 is 31.3. The molecule has 10 heteroatoms. The molecular formula is C16H23N3O6S. The maximum atomic E-state index is 11.9. The number of benzene rings is 1. The van der Waals surface area contributed by atoms with Crippen molar-refractivity contribution < 1.29 is 27.5 Å². The van der Waals surface area contributed by atoms with Crippen LogP contribution in [0, 0.1) is 0 Å². The molecule has 3 N–H and O–H groups in total. The summed E-state index contributed by atoms with van der Waals surface area (Å²) in [6.45, 7) is 2.61. The molecule has 0 bridgehead atoms. The summed E-state index contributed by atoms with van der Waals surface area (Å²) in [6, 6.07) is 6.00. The zero-order valence-corrected chi connectivity index (χ0v) is 15.7. The second-order valence-corrected chi connectivity index (χ2v) is 7.06. The minimum atomic E-state index is -3.86. The smallest absolute Gasteiger partial charge is 0.301 e. The van der Waals surface area contributed by atoms with Crippen LogP contribution in [-0.2, 0) is 31.0 Å². The highest BCUT2D eigenvalue weighted by Gasteiger charge is 2.18. The van der Waals surface area contributed by atoms with Crippen molar-refractivity contribution >= 4 is 27.8 Å². The van der Waals surface area contributed by atoms with E-state index in [1.54, 1.807) is 35.9 Å². The molecule has 0 unspecified atom stereocenters. The van der Waals surface area contributed by atoms with Crippen molar-refractivity contribution in [2.45, 2.75) is 32.7 Å². The van der Waals surface area contributed by atoms with Crippen LogP contribution in [0.4, 0.5) is 0 Å². The van der Waals surface area contributed by atoms with Crippen LogP contribution >= 0.6 is 0 Å². The summed E-state index contributed by atoms with van der Waals surface area (Å²) in [5.74, 6) is -0.798. The van der Waals surface area contributed by atoms with E-state index < -0.39 is 28.8 Å². The van der Waals surface area contributed by atoms with E-state index in [1.807, 2.05) is 4.72 Å². The number of carbonyl (C=O) groups excluding carboxylic acids is 3. The summed E-state index contributed by atoms with van der Waals surface area (Å²) in [7, 11) is -2.69. The number of Topliss-reactive ketones (excluding diaryl/α,β-unsaturated/α-hetero) is 1. The van der Waals surface area contributed by atoms with Gasteiger partial charge in [-0.3, -0.25) is 14.4 Å². The molecule has 1 atom stereocenters. The van der Waals surface area contributed by atoms with Gasteiger partial charge in [0, 0.05) is 20.4 Å². The SMILES string of the molecule is CCC(=O)[C@H](Cc1ccc(OCC(=O)NS(=O)(=O)NC)cc1)NC(C)=O. The van der Waals surface area contributed by atoms with Crippen LogP contribution in [0.1, 0.15) is 25.8 Å². The minimum absolute atomic E-state index is 0.0667. The molecular weight excluding hydrogens is 362 g/mol. The molecule has 0 aliphatic carbocycles. The van der Waals surface area contributed by atoms with Crippen molar-refractivity contribution in [3.8, 4) is 5.75 Å². The Balaban J connectivity index is 2.63. The van der Waals surface area contributed by atoms with Crippen molar-refractivity contribution in [2.24, 2.45) is 0 Å². The van der Waals surface area contributed by atoms with Crippen LogP contribution in [0.2, 0.25) is 0 Å². The summed E-state index contributed by atoms with van der Waals surface area (Å²) >= 11 is 0. The molecule has 144 valence electrons. The van der Waals surface area contributed by atoms with Crippen LogP contribution < -0.4 is 19.5 Å². The van der Waals surface area contributed by atoms with Crippen molar-refractivity contribution in [3.63, 3.8) is 0 Å². The quantitative estimate of drug-likeness (QED) is 0.506. The Kier molecular flexibility index (Phi) is 8.20. The Hall–Kier alpha value is -2.46.